The molecule has 0 aliphatic heterocycles. The summed E-state index contributed by atoms with van der Waals surface area (Å²) < 4.78 is 1.20. The van der Waals surface area contributed by atoms with Crippen LogP contribution in [0.3, 0.4) is 0 Å². The Morgan fingerprint density at radius 2 is 2.28 bits per heavy atom. The number of thiazole rings is 1. The molecule has 0 amide bonds. The lowest BCUT2D eigenvalue weighted by molar-refractivity contribution is 0.447. The SMILES string of the molecule is C1=C[C@@H]2/C(=N/Nc3nc4ccccc4s3)C[C@@H]2C1. The van der Waals surface area contributed by atoms with Crippen molar-refractivity contribution in [1.82, 2.24) is 4.98 Å². The van der Waals surface area contributed by atoms with E-state index in [4.69, 9.17) is 0 Å². The van der Waals surface area contributed by atoms with E-state index in [-0.39, 0.29) is 0 Å². The van der Waals surface area contributed by atoms with Crippen molar-refractivity contribution in [1.29, 1.82) is 0 Å². The molecule has 0 radical (unpaired) electrons. The number of fused-ring (bicyclic) bond motifs is 2. The third-order valence-electron chi connectivity index (χ3n) is 3.74. The van der Waals surface area contributed by atoms with Gasteiger partial charge in [0, 0.05) is 11.6 Å². The van der Waals surface area contributed by atoms with E-state index in [2.05, 4.69) is 33.7 Å². The molecule has 0 unspecified atom stereocenters. The van der Waals surface area contributed by atoms with Crippen LogP contribution >= 0.6 is 11.3 Å². The van der Waals surface area contributed by atoms with Gasteiger partial charge in [-0.1, -0.05) is 35.6 Å². The summed E-state index contributed by atoms with van der Waals surface area (Å²) in [6, 6.07) is 8.17. The molecule has 0 spiro atoms. The van der Waals surface area contributed by atoms with E-state index in [1.807, 2.05) is 18.2 Å². The highest BCUT2D eigenvalue weighted by molar-refractivity contribution is 7.22. The van der Waals surface area contributed by atoms with Gasteiger partial charge in [-0.3, -0.25) is 5.43 Å². The van der Waals surface area contributed by atoms with Gasteiger partial charge in [0.2, 0.25) is 5.13 Å². The average Bonchev–Trinajstić information content (AvgIpc) is 2.93. The molecule has 1 aromatic carbocycles. The first-order valence-corrected chi connectivity index (χ1v) is 7.06. The number of aromatic nitrogens is 1. The number of benzene rings is 1. The first kappa shape index (κ1) is 10.3. The largest absolute Gasteiger partial charge is 0.253 e. The molecule has 0 saturated heterocycles. The summed E-state index contributed by atoms with van der Waals surface area (Å²) in [6.45, 7) is 0. The third-order valence-corrected chi connectivity index (χ3v) is 4.68. The molecular weight excluding hydrogens is 242 g/mol. The van der Waals surface area contributed by atoms with Crippen molar-refractivity contribution in [2.75, 3.05) is 5.43 Å². The molecule has 4 heteroatoms. The van der Waals surface area contributed by atoms with Crippen molar-refractivity contribution in [3.63, 3.8) is 0 Å². The fraction of sp³-hybridized carbons (Fsp3) is 0.286. The van der Waals surface area contributed by atoms with E-state index in [0.717, 1.165) is 23.0 Å². The Hall–Kier alpha value is -1.68. The van der Waals surface area contributed by atoms with E-state index in [1.165, 1.54) is 16.8 Å². The number of nitrogens with zero attached hydrogens (tertiary/aromatic N) is 2. The van der Waals surface area contributed by atoms with Crippen LogP contribution in [0.2, 0.25) is 0 Å². The minimum Gasteiger partial charge on any atom is -0.253 e. The Morgan fingerprint density at radius 1 is 1.33 bits per heavy atom. The summed E-state index contributed by atoms with van der Waals surface area (Å²) >= 11 is 1.65. The Labute approximate surface area is 109 Å². The molecule has 1 saturated carbocycles. The third kappa shape index (κ3) is 1.56. The Balaban J connectivity index is 1.55. The monoisotopic (exact) mass is 255 g/mol. The molecule has 2 aliphatic carbocycles. The van der Waals surface area contributed by atoms with Crippen LogP contribution in [0, 0.1) is 11.8 Å². The van der Waals surface area contributed by atoms with Crippen LogP contribution in [0.25, 0.3) is 10.2 Å². The van der Waals surface area contributed by atoms with Crippen molar-refractivity contribution in [2.45, 2.75) is 12.8 Å². The summed E-state index contributed by atoms with van der Waals surface area (Å²) in [4.78, 5) is 4.51. The van der Waals surface area contributed by atoms with Crippen LogP contribution in [-0.4, -0.2) is 10.7 Å². The number of nitrogens with one attached hydrogen (secondary N) is 1. The first-order valence-electron chi connectivity index (χ1n) is 6.25. The fourth-order valence-corrected chi connectivity index (χ4v) is 3.51. The molecule has 1 aromatic heterocycles. The van der Waals surface area contributed by atoms with E-state index in [0.29, 0.717) is 5.92 Å². The van der Waals surface area contributed by atoms with Gasteiger partial charge >= 0.3 is 0 Å². The van der Waals surface area contributed by atoms with Crippen molar-refractivity contribution in [2.24, 2.45) is 16.9 Å². The molecule has 1 N–H and O–H groups in total. The van der Waals surface area contributed by atoms with E-state index in [9.17, 15) is 0 Å². The van der Waals surface area contributed by atoms with E-state index >= 15 is 0 Å². The lowest BCUT2D eigenvalue weighted by Gasteiger charge is -2.31. The topological polar surface area (TPSA) is 37.3 Å². The van der Waals surface area contributed by atoms with Crippen LogP contribution in [0.1, 0.15) is 12.8 Å². The summed E-state index contributed by atoms with van der Waals surface area (Å²) in [7, 11) is 0. The zero-order valence-electron chi connectivity index (χ0n) is 9.84. The van der Waals surface area contributed by atoms with Crippen molar-refractivity contribution < 1.29 is 0 Å². The van der Waals surface area contributed by atoms with Crippen molar-refractivity contribution in [3.8, 4) is 0 Å². The highest BCUT2D eigenvalue weighted by Crippen LogP contribution is 2.40. The highest BCUT2D eigenvalue weighted by Gasteiger charge is 2.37. The van der Waals surface area contributed by atoms with Gasteiger partial charge < -0.3 is 0 Å². The quantitative estimate of drug-likeness (QED) is 0.657. The summed E-state index contributed by atoms with van der Waals surface area (Å²) in [5, 5.41) is 5.38. The summed E-state index contributed by atoms with van der Waals surface area (Å²) in [5.41, 5.74) is 5.42. The van der Waals surface area contributed by atoms with Gasteiger partial charge in [0.15, 0.2) is 0 Å². The maximum absolute atomic E-state index is 4.51. The standard InChI is InChI=1S/C14H13N3S/c1-2-7-13-11(6-1)15-14(18-13)17-16-12-8-9-4-3-5-10(9)12/h1-3,5-7,9-10H,4,8H2,(H,15,17)/b16-12+/t9-,10-/m0/s1. The Morgan fingerprint density at radius 3 is 3.17 bits per heavy atom. The molecule has 2 atom stereocenters. The van der Waals surface area contributed by atoms with Gasteiger partial charge in [-0.25, -0.2) is 4.98 Å². The van der Waals surface area contributed by atoms with Gasteiger partial charge in [-0.2, -0.15) is 5.10 Å². The second kappa shape index (κ2) is 3.92. The Bertz CT molecular complexity index is 623. The van der Waals surface area contributed by atoms with E-state index < -0.39 is 0 Å². The molecule has 0 bridgehead atoms. The molecule has 4 rings (SSSR count). The second-order valence-electron chi connectivity index (χ2n) is 4.86. The molecule has 90 valence electrons. The van der Waals surface area contributed by atoms with E-state index in [1.54, 1.807) is 11.3 Å². The maximum Gasteiger partial charge on any atom is 0.204 e. The smallest absolute Gasteiger partial charge is 0.204 e. The van der Waals surface area contributed by atoms with Gasteiger partial charge in [0.1, 0.15) is 0 Å². The van der Waals surface area contributed by atoms with Crippen molar-refractivity contribution >= 4 is 32.4 Å². The predicted octanol–water partition coefficient (Wildman–Crippen LogP) is 3.66. The summed E-state index contributed by atoms with van der Waals surface area (Å²) in [5.74, 6) is 1.41. The zero-order valence-corrected chi connectivity index (χ0v) is 10.7. The molecule has 1 heterocycles. The average molecular weight is 255 g/mol. The molecule has 2 aliphatic rings. The number of hydrogen-bond donors (Lipinski definition) is 1. The number of hydrogen-bond acceptors (Lipinski definition) is 4. The number of para-hydroxylation sites is 1. The second-order valence-corrected chi connectivity index (χ2v) is 5.89. The Kier molecular flexibility index (Phi) is 2.23. The fourth-order valence-electron chi connectivity index (χ4n) is 2.70. The highest BCUT2D eigenvalue weighted by atomic mass is 32.1. The van der Waals surface area contributed by atoms with Crippen LogP contribution in [0.4, 0.5) is 5.13 Å². The van der Waals surface area contributed by atoms with Crippen LogP contribution in [-0.2, 0) is 0 Å². The molecule has 2 aromatic rings. The normalized spacial score (nSPS) is 27.4. The number of hydrazone groups is 1. The minimum atomic E-state index is 0.590. The first-order chi connectivity index (χ1) is 8.90. The van der Waals surface area contributed by atoms with Gasteiger partial charge in [-0.15, -0.1) is 0 Å². The van der Waals surface area contributed by atoms with Crippen LogP contribution in [0.15, 0.2) is 41.5 Å². The van der Waals surface area contributed by atoms with Crippen molar-refractivity contribution in [3.05, 3.63) is 36.4 Å². The lowest BCUT2D eigenvalue weighted by Crippen LogP contribution is -2.33. The number of allylic oxidation sites excluding steroid dienone is 2. The van der Waals surface area contributed by atoms with Crippen LogP contribution in [0.5, 0.6) is 0 Å². The van der Waals surface area contributed by atoms with Gasteiger partial charge in [0.05, 0.1) is 10.2 Å². The molecule has 1 fully saturated rings. The van der Waals surface area contributed by atoms with Crippen LogP contribution < -0.4 is 5.43 Å². The molecule has 3 nitrogen and oxygen atoms in total. The molecular formula is C14H13N3S. The number of rotatable bonds is 2. The zero-order chi connectivity index (χ0) is 11.9. The maximum atomic E-state index is 4.51. The summed E-state index contributed by atoms with van der Waals surface area (Å²) in [6.07, 6.45) is 6.92. The molecule has 18 heavy (non-hydrogen) atoms. The van der Waals surface area contributed by atoms with Gasteiger partial charge in [-0.05, 0) is 30.9 Å². The van der Waals surface area contributed by atoms with Gasteiger partial charge in [0.25, 0.3) is 0 Å². The predicted molar refractivity (Wildman–Crippen MR) is 76.0 cm³/mol. The lowest BCUT2D eigenvalue weighted by atomic mass is 9.74. The number of anilines is 1. The minimum absolute atomic E-state index is 0.590.